The number of carbonyl (C=O) groups excluding carboxylic acids is 2. The fourth-order valence-corrected chi connectivity index (χ4v) is 4.35. The molecule has 2 aromatic heterocycles. The van der Waals surface area contributed by atoms with Gasteiger partial charge in [0.15, 0.2) is 11.5 Å². The lowest BCUT2D eigenvalue weighted by molar-refractivity contribution is -0.117. The van der Waals surface area contributed by atoms with Crippen molar-refractivity contribution in [2.75, 3.05) is 27.9 Å². The summed E-state index contributed by atoms with van der Waals surface area (Å²) < 4.78 is 20.2. The molecule has 0 aliphatic heterocycles. The van der Waals surface area contributed by atoms with Crippen molar-refractivity contribution >= 4 is 28.8 Å². The summed E-state index contributed by atoms with van der Waals surface area (Å²) in [4.78, 5) is 30.8. The van der Waals surface area contributed by atoms with Crippen LogP contribution in [-0.2, 0) is 17.9 Å². The SMILES string of the molecule is CCn1cc(C=C(NC(=O)c2cc(OC)c(OC)c(OC)c2)C(=O)NCCCn2ccnc2)c2ccccc21. The van der Waals surface area contributed by atoms with Gasteiger partial charge in [-0.05, 0) is 37.6 Å². The monoisotopic (exact) mass is 531 g/mol. The number of nitrogens with zero attached hydrogens (tertiary/aromatic N) is 3. The number of hydrogen-bond donors (Lipinski definition) is 2. The number of carbonyl (C=O) groups is 2. The highest BCUT2D eigenvalue weighted by Crippen LogP contribution is 2.38. The minimum Gasteiger partial charge on any atom is -0.493 e. The number of amides is 2. The fraction of sp³-hybridized carbons (Fsp3) is 0.276. The average Bonchev–Trinajstić information content (AvgIpc) is 3.61. The first-order valence-electron chi connectivity index (χ1n) is 12.6. The Balaban J connectivity index is 1.63. The molecule has 0 spiro atoms. The Morgan fingerprint density at radius 3 is 2.44 bits per heavy atom. The summed E-state index contributed by atoms with van der Waals surface area (Å²) in [5.41, 5.74) is 2.23. The molecule has 2 heterocycles. The summed E-state index contributed by atoms with van der Waals surface area (Å²) in [5.74, 6) is 0.156. The van der Waals surface area contributed by atoms with E-state index in [0.29, 0.717) is 36.8 Å². The Bertz CT molecular complexity index is 1450. The Labute approximate surface area is 227 Å². The van der Waals surface area contributed by atoms with Gasteiger partial charge in [-0.3, -0.25) is 9.59 Å². The molecule has 2 N–H and O–H groups in total. The molecule has 10 heteroatoms. The number of benzene rings is 2. The van der Waals surface area contributed by atoms with Crippen LogP contribution in [0.15, 0.2) is 67.0 Å². The molecule has 0 aliphatic rings. The van der Waals surface area contributed by atoms with Gasteiger partial charge in [-0.2, -0.15) is 0 Å². The van der Waals surface area contributed by atoms with Gasteiger partial charge in [0.2, 0.25) is 5.75 Å². The van der Waals surface area contributed by atoms with Gasteiger partial charge in [0.1, 0.15) is 5.70 Å². The topological polar surface area (TPSA) is 109 Å². The number of ether oxygens (including phenoxy) is 3. The predicted molar refractivity (Wildman–Crippen MR) is 149 cm³/mol. The third-order valence-corrected chi connectivity index (χ3v) is 6.32. The van der Waals surface area contributed by atoms with E-state index in [1.165, 1.54) is 21.3 Å². The van der Waals surface area contributed by atoms with Crippen LogP contribution in [-0.4, -0.2) is 53.8 Å². The molecule has 10 nitrogen and oxygen atoms in total. The minimum absolute atomic E-state index is 0.121. The van der Waals surface area contributed by atoms with E-state index >= 15 is 0 Å². The second-order valence-corrected chi connectivity index (χ2v) is 8.72. The number of rotatable bonds is 12. The number of nitrogens with one attached hydrogen (secondary N) is 2. The molecule has 39 heavy (non-hydrogen) atoms. The summed E-state index contributed by atoms with van der Waals surface area (Å²) in [7, 11) is 4.45. The van der Waals surface area contributed by atoms with Gasteiger partial charge in [0.25, 0.3) is 11.8 Å². The maximum absolute atomic E-state index is 13.4. The summed E-state index contributed by atoms with van der Waals surface area (Å²) >= 11 is 0. The Hall–Kier alpha value is -4.73. The van der Waals surface area contributed by atoms with Crippen LogP contribution in [0.2, 0.25) is 0 Å². The van der Waals surface area contributed by atoms with Crippen molar-refractivity contribution in [1.29, 1.82) is 0 Å². The molecule has 0 saturated carbocycles. The van der Waals surface area contributed by atoms with Crippen LogP contribution in [0.5, 0.6) is 17.2 Å². The van der Waals surface area contributed by atoms with Gasteiger partial charge in [-0.25, -0.2) is 4.98 Å². The predicted octanol–water partition coefficient (Wildman–Crippen LogP) is 3.86. The zero-order valence-electron chi connectivity index (χ0n) is 22.6. The number of fused-ring (bicyclic) bond motifs is 1. The van der Waals surface area contributed by atoms with Crippen LogP contribution >= 0.6 is 0 Å². The highest BCUT2D eigenvalue weighted by molar-refractivity contribution is 6.07. The average molecular weight is 532 g/mol. The van der Waals surface area contributed by atoms with Gasteiger partial charge in [-0.15, -0.1) is 0 Å². The third kappa shape index (κ3) is 6.23. The van der Waals surface area contributed by atoms with E-state index in [2.05, 4.69) is 27.1 Å². The molecular formula is C29H33N5O5. The van der Waals surface area contributed by atoms with Crippen molar-refractivity contribution in [3.05, 3.63) is 78.1 Å². The maximum Gasteiger partial charge on any atom is 0.267 e. The molecule has 0 saturated heterocycles. The minimum atomic E-state index is -0.492. The molecule has 204 valence electrons. The molecule has 0 bridgehead atoms. The van der Waals surface area contributed by atoms with Gasteiger partial charge < -0.3 is 34.0 Å². The number of para-hydroxylation sites is 1. The number of aryl methyl sites for hydroxylation is 2. The molecule has 2 aromatic carbocycles. The van der Waals surface area contributed by atoms with E-state index in [4.69, 9.17) is 14.2 Å². The lowest BCUT2D eigenvalue weighted by Crippen LogP contribution is -2.35. The Morgan fingerprint density at radius 2 is 1.79 bits per heavy atom. The van der Waals surface area contributed by atoms with Crippen LogP contribution in [0.1, 0.15) is 29.3 Å². The van der Waals surface area contributed by atoms with Crippen LogP contribution in [0.4, 0.5) is 0 Å². The lowest BCUT2D eigenvalue weighted by Gasteiger charge is -2.15. The summed E-state index contributed by atoms with van der Waals surface area (Å²) in [6.45, 7) is 3.95. The molecule has 0 radical (unpaired) electrons. The quantitative estimate of drug-likeness (QED) is 0.212. The third-order valence-electron chi connectivity index (χ3n) is 6.32. The van der Waals surface area contributed by atoms with Crippen molar-refractivity contribution in [3.63, 3.8) is 0 Å². The lowest BCUT2D eigenvalue weighted by atomic mass is 10.1. The van der Waals surface area contributed by atoms with E-state index in [1.54, 1.807) is 30.7 Å². The highest BCUT2D eigenvalue weighted by Gasteiger charge is 2.20. The van der Waals surface area contributed by atoms with Gasteiger partial charge in [0, 0.05) is 60.3 Å². The molecule has 2 amide bonds. The zero-order valence-corrected chi connectivity index (χ0v) is 22.6. The first kappa shape index (κ1) is 27.3. The molecule has 0 aliphatic carbocycles. The number of aromatic nitrogens is 3. The largest absolute Gasteiger partial charge is 0.493 e. The summed E-state index contributed by atoms with van der Waals surface area (Å²) in [6.07, 6.45) is 9.69. The van der Waals surface area contributed by atoms with Gasteiger partial charge in [0.05, 0.1) is 27.7 Å². The van der Waals surface area contributed by atoms with Crippen LogP contribution in [0.25, 0.3) is 17.0 Å². The Morgan fingerprint density at radius 1 is 1.05 bits per heavy atom. The van der Waals surface area contributed by atoms with Crippen LogP contribution in [0, 0.1) is 0 Å². The maximum atomic E-state index is 13.4. The van der Waals surface area contributed by atoms with E-state index in [-0.39, 0.29) is 11.3 Å². The number of hydrogen-bond acceptors (Lipinski definition) is 6. The standard InChI is InChI=1S/C29H33N5O5/c1-5-34-18-21(22-9-6-7-10-24(22)34)15-23(29(36)31-11-8-13-33-14-12-30-19-33)32-28(35)20-16-25(37-2)27(39-4)26(17-20)38-3/h6-7,9-10,12,14-19H,5,8,11,13H2,1-4H3,(H,31,36)(H,32,35). The molecule has 0 atom stereocenters. The van der Waals surface area contributed by atoms with Crippen LogP contribution in [0.3, 0.4) is 0 Å². The highest BCUT2D eigenvalue weighted by atomic mass is 16.5. The molecule has 0 fully saturated rings. The molecular weight excluding hydrogens is 498 g/mol. The molecule has 4 rings (SSSR count). The second-order valence-electron chi connectivity index (χ2n) is 8.72. The Kier molecular flexibility index (Phi) is 8.88. The molecule has 0 unspecified atom stereocenters. The summed E-state index contributed by atoms with van der Waals surface area (Å²) in [5, 5.41) is 6.70. The number of methoxy groups -OCH3 is 3. The first-order valence-corrected chi connectivity index (χ1v) is 12.6. The summed E-state index contributed by atoms with van der Waals surface area (Å²) in [6, 6.07) is 11.0. The van der Waals surface area contributed by atoms with E-state index in [0.717, 1.165) is 23.0 Å². The van der Waals surface area contributed by atoms with E-state index in [9.17, 15) is 9.59 Å². The van der Waals surface area contributed by atoms with Crippen molar-refractivity contribution in [1.82, 2.24) is 24.8 Å². The zero-order chi connectivity index (χ0) is 27.8. The van der Waals surface area contributed by atoms with Crippen LogP contribution < -0.4 is 24.8 Å². The van der Waals surface area contributed by atoms with E-state index < -0.39 is 11.8 Å². The van der Waals surface area contributed by atoms with Gasteiger partial charge >= 0.3 is 0 Å². The normalized spacial score (nSPS) is 11.3. The van der Waals surface area contributed by atoms with Crippen molar-refractivity contribution in [2.45, 2.75) is 26.4 Å². The fourth-order valence-electron chi connectivity index (χ4n) is 4.35. The number of imidazole rings is 1. The van der Waals surface area contributed by atoms with Crippen molar-refractivity contribution < 1.29 is 23.8 Å². The second kappa shape index (κ2) is 12.7. The van der Waals surface area contributed by atoms with Gasteiger partial charge in [-0.1, -0.05) is 18.2 Å². The van der Waals surface area contributed by atoms with E-state index in [1.807, 2.05) is 41.2 Å². The van der Waals surface area contributed by atoms with Crippen molar-refractivity contribution in [2.24, 2.45) is 0 Å². The first-order chi connectivity index (χ1) is 19.0. The van der Waals surface area contributed by atoms with Crippen molar-refractivity contribution in [3.8, 4) is 17.2 Å². The smallest absolute Gasteiger partial charge is 0.267 e. The molecule has 4 aromatic rings.